The lowest BCUT2D eigenvalue weighted by Gasteiger charge is -2.19. The molecular formula is C11H15N3O4. The van der Waals surface area contributed by atoms with Crippen LogP contribution >= 0.6 is 0 Å². The van der Waals surface area contributed by atoms with Crippen LogP contribution in [0.2, 0.25) is 0 Å². The lowest BCUT2D eigenvalue weighted by atomic mass is 10.2. The molecule has 0 aromatic carbocycles. The molecule has 1 N–H and O–H groups in total. The summed E-state index contributed by atoms with van der Waals surface area (Å²) in [5.74, 6) is 0. The Bertz CT molecular complexity index is 454. The zero-order valence-electron chi connectivity index (χ0n) is 10.5. The molecule has 0 bridgehead atoms. The summed E-state index contributed by atoms with van der Waals surface area (Å²) in [5, 5.41) is 13.0. The highest BCUT2D eigenvalue weighted by molar-refractivity contribution is 5.67. The van der Waals surface area contributed by atoms with Gasteiger partial charge in [-0.15, -0.1) is 0 Å². The first-order chi connectivity index (χ1) is 8.28. The number of carbonyl (C=O) groups excluding carboxylic acids is 1. The van der Waals surface area contributed by atoms with Gasteiger partial charge in [0.25, 0.3) is 5.69 Å². The van der Waals surface area contributed by atoms with E-state index < -0.39 is 16.6 Å². The highest BCUT2D eigenvalue weighted by atomic mass is 16.6. The number of hydrogen-bond acceptors (Lipinski definition) is 5. The molecule has 0 unspecified atom stereocenters. The van der Waals surface area contributed by atoms with Crippen LogP contribution in [0.15, 0.2) is 18.3 Å². The number of amides is 1. The molecule has 0 spiro atoms. The van der Waals surface area contributed by atoms with Gasteiger partial charge in [0, 0.05) is 18.3 Å². The summed E-state index contributed by atoms with van der Waals surface area (Å²) >= 11 is 0. The van der Waals surface area contributed by atoms with E-state index in [0.29, 0.717) is 5.69 Å². The number of nitrogens with zero attached hydrogens (tertiary/aromatic N) is 2. The van der Waals surface area contributed by atoms with Crippen molar-refractivity contribution >= 4 is 11.8 Å². The average Bonchev–Trinajstić information content (AvgIpc) is 2.24. The van der Waals surface area contributed by atoms with Crippen LogP contribution in [0.5, 0.6) is 0 Å². The van der Waals surface area contributed by atoms with Crippen LogP contribution in [-0.4, -0.2) is 21.6 Å². The predicted molar refractivity (Wildman–Crippen MR) is 64.0 cm³/mol. The molecule has 1 aromatic heterocycles. The predicted octanol–water partition coefficient (Wildman–Crippen LogP) is 2.01. The quantitative estimate of drug-likeness (QED) is 0.656. The molecule has 1 amide bonds. The highest BCUT2D eigenvalue weighted by Crippen LogP contribution is 2.11. The van der Waals surface area contributed by atoms with Crippen molar-refractivity contribution in [1.29, 1.82) is 0 Å². The summed E-state index contributed by atoms with van der Waals surface area (Å²) in [6.07, 6.45) is 0.736. The topological polar surface area (TPSA) is 94.4 Å². The van der Waals surface area contributed by atoms with Gasteiger partial charge < -0.3 is 10.1 Å². The van der Waals surface area contributed by atoms with Gasteiger partial charge in [0.1, 0.15) is 5.60 Å². The first-order valence-electron chi connectivity index (χ1n) is 5.34. The van der Waals surface area contributed by atoms with Crippen molar-refractivity contribution in [2.75, 3.05) is 0 Å². The Morgan fingerprint density at radius 2 is 2.22 bits per heavy atom. The Morgan fingerprint density at radius 1 is 1.56 bits per heavy atom. The molecule has 0 aliphatic rings. The molecule has 7 heteroatoms. The van der Waals surface area contributed by atoms with Gasteiger partial charge in [0.05, 0.1) is 17.2 Å². The van der Waals surface area contributed by atoms with Crippen molar-refractivity contribution in [3.63, 3.8) is 0 Å². The van der Waals surface area contributed by atoms with E-state index in [0.717, 1.165) is 0 Å². The van der Waals surface area contributed by atoms with Gasteiger partial charge in [-0.25, -0.2) is 4.79 Å². The SMILES string of the molecule is CC(C)(C)OC(=O)NCc1cc([N+](=O)[O-])ccn1. The fourth-order valence-corrected chi connectivity index (χ4v) is 1.15. The standard InChI is InChI=1S/C11H15N3O4/c1-11(2,3)18-10(15)13-7-8-6-9(14(16)17)4-5-12-8/h4-6H,7H2,1-3H3,(H,13,15). The van der Waals surface area contributed by atoms with Gasteiger partial charge in [0.15, 0.2) is 0 Å². The van der Waals surface area contributed by atoms with Gasteiger partial charge in [-0.3, -0.25) is 15.1 Å². The number of alkyl carbamates (subject to hydrolysis) is 1. The number of hydrogen-bond donors (Lipinski definition) is 1. The molecule has 7 nitrogen and oxygen atoms in total. The highest BCUT2D eigenvalue weighted by Gasteiger charge is 2.16. The minimum Gasteiger partial charge on any atom is -0.444 e. The normalized spacial score (nSPS) is 10.8. The van der Waals surface area contributed by atoms with Crippen LogP contribution in [0, 0.1) is 10.1 Å². The van der Waals surface area contributed by atoms with Gasteiger partial charge in [-0.1, -0.05) is 0 Å². The van der Waals surface area contributed by atoms with Crippen LogP contribution in [0.3, 0.4) is 0 Å². The zero-order chi connectivity index (χ0) is 13.8. The Hall–Kier alpha value is -2.18. The summed E-state index contributed by atoms with van der Waals surface area (Å²) in [6, 6.07) is 2.59. The number of carbonyl (C=O) groups is 1. The maximum atomic E-state index is 11.4. The third-order valence-corrected chi connectivity index (χ3v) is 1.82. The molecule has 0 radical (unpaired) electrons. The number of ether oxygens (including phenoxy) is 1. The van der Waals surface area contributed by atoms with Crippen LogP contribution < -0.4 is 5.32 Å². The Labute approximate surface area is 104 Å². The van der Waals surface area contributed by atoms with E-state index in [4.69, 9.17) is 4.74 Å². The molecule has 1 heterocycles. The summed E-state index contributed by atoms with van der Waals surface area (Å²) in [6.45, 7) is 5.32. The van der Waals surface area contributed by atoms with Crippen molar-refractivity contribution < 1.29 is 14.5 Å². The van der Waals surface area contributed by atoms with Gasteiger partial charge >= 0.3 is 6.09 Å². The van der Waals surface area contributed by atoms with E-state index >= 15 is 0 Å². The number of nitro groups is 1. The van der Waals surface area contributed by atoms with Crippen LogP contribution in [0.25, 0.3) is 0 Å². The van der Waals surface area contributed by atoms with E-state index in [1.54, 1.807) is 20.8 Å². The number of nitrogens with one attached hydrogen (secondary N) is 1. The zero-order valence-corrected chi connectivity index (χ0v) is 10.5. The molecule has 0 fully saturated rings. The average molecular weight is 253 g/mol. The summed E-state index contributed by atoms with van der Waals surface area (Å²) in [7, 11) is 0. The second kappa shape index (κ2) is 5.44. The Kier molecular flexibility index (Phi) is 4.19. The van der Waals surface area contributed by atoms with E-state index in [9.17, 15) is 14.9 Å². The molecule has 1 rings (SSSR count). The fourth-order valence-electron chi connectivity index (χ4n) is 1.15. The number of pyridine rings is 1. The van der Waals surface area contributed by atoms with Crippen molar-refractivity contribution in [2.24, 2.45) is 0 Å². The van der Waals surface area contributed by atoms with Crippen LogP contribution in [0.4, 0.5) is 10.5 Å². The molecule has 0 atom stereocenters. The molecule has 1 aromatic rings. The minimum atomic E-state index is -0.587. The summed E-state index contributed by atoms with van der Waals surface area (Å²) < 4.78 is 5.03. The Morgan fingerprint density at radius 3 is 2.78 bits per heavy atom. The second-order valence-electron chi connectivity index (χ2n) is 4.62. The Balaban J connectivity index is 2.56. The molecule has 18 heavy (non-hydrogen) atoms. The van der Waals surface area contributed by atoms with Crippen molar-refractivity contribution in [3.8, 4) is 0 Å². The molecular weight excluding hydrogens is 238 g/mol. The van der Waals surface area contributed by atoms with Crippen LogP contribution in [-0.2, 0) is 11.3 Å². The first kappa shape index (κ1) is 13.9. The number of aromatic nitrogens is 1. The molecule has 0 aliphatic carbocycles. The molecule has 0 saturated carbocycles. The summed E-state index contributed by atoms with van der Waals surface area (Å²) in [4.78, 5) is 25.3. The third kappa shape index (κ3) is 4.77. The lowest BCUT2D eigenvalue weighted by Crippen LogP contribution is -2.32. The van der Waals surface area contributed by atoms with Gasteiger partial charge in [-0.05, 0) is 20.8 Å². The van der Waals surface area contributed by atoms with Crippen LogP contribution in [0.1, 0.15) is 26.5 Å². The third-order valence-electron chi connectivity index (χ3n) is 1.82. The maximum absolute atomic E-state index is 11.4. The maximum Gasteiger partial charge on any atom is 0.407 e. The monoisotopic (exact) mass is 253 g/mol. The van der Waals surface area contributed by atoms with Crippen molar-refractivity contribution in [1.82, 2.24) is 10.3 Å². The molecule has 98 valence electrons. The number of rotatable bonds is 3. The fraction of sp³-hybridized carbons (Fsp3) is 0.455. The van der Waals surface area contributed by atoms with Crippen molar-refractivity contribution in [2.45, 2.75) is 32.9 Å². The first-order valence-corrected chi connectivity index (χ1v) is 5.34. The minimum absolute atomic E-state index is 0.0639. The largest absolute Gasteiger partial charge is 0.444 e. The van der Waals surface area contributed by atoms with E-state index in [1.165, 1.54) is 18.3 Å². The summed E-state index contributed by atoms with van der Waals surface area (Å²) in [5.41, 5.74) is -0.249. The van der Waals surface area contributed by atoms with Gasteiger partial charge in [0.2, 0.25) is 0 Å². The van der Waals surface area contributed by atoms with E-state index in [-0.39, 0.29) is 12.2 Å². The molecule has 0 aliphatic heterocycles. The van der Waals surface area contributed by atoms with Crippen molar-refractivity contribution in [3.05, 3.63) is 34.1 Å². The lowest BCUT2D eigenvalue weighted by molar-refractivity contribution is -0.385. The van der Waals surface area contributed by atoms with E-state index in [2.05, 4.69) is 10.3 Å². The molecule has 0 saturated heterocycles. The van der Waals surface area contributed by atoms with Gasteiger partial charge in [-0.2, -0.15) is 0 Å². The van der Waals surface area contributed by atoms with E-state index in [1.807, 2.05) is 0 Å². The smallest absolute Gasteiger partial charge is 0.407 e. The second-order valence-corrected chi connectivity index (χ2v) is 4.62.